The molecule has 0 radical (unpaired) electrons. The second-order valence-electron chi connectivity index (χ2n) is 6.73. The fraction of sp³-hybridized carbons (Fsp3) is 0.125. The topological polar surface area (TPSA) is 61.8 Å². The summed E-state index contributed by atoms with van der Waals surface area (Å²) in [4.78, 5) is 25.1. The summed E-state index contributed by atoms with van der Waals surface area (Å²) >= 11 is -1.04. The van der Waals surface area contributed by atoms with E-state index in [1.165, 1.54) is 0 Å². The summed E-state index contributed by atoms with van der Waals surface area (Å²) in [5.41, 5.74) is 1.70. The summed E-state index contributed by atoms with van der Waals surface area (Å²) in [6.07, 6.45) is 0. The van der Waals surface area contributed by atoms with E-state index < -0.39 is 38.5 Å². The number of esters is 2. The Morgan fingerprint density at radius 3 is 1.97 bits per heavy atom. The normalized spacial score (nSPS) is 18.5. The van der Waals surface area contributed by atoms with E-state index >= 15 is 0 Å². The molecule has 4 rings (SSSR count). The van der Waals surface area contributed by atoms with Crippen LogP contribution in [0.4, 0.5) is 0 Å². The summed E-state index contributed by atoms with van der Waals surface area (Å²) in [5.74, 6) is -1.91. The van der Waals surface area contributed by atoms with Crippen LogP contribution in [0.15, 0.2) is 84.9 Å². The molecule has 0 aromatic heterocycles. The van der Waals surface area contributed by atoms with Gasteiger partial charge in [-0.05, 0) is 29.8 Å². The first-order valence-electron chi connectivity index (χ1n) is 9.34. The van der Waals surface area contributed by atoms with Crippen molar-refractivity contribution in [2.24, 2.45) is 0 Å². The van der Waals surface area contributed by atoms with E-state index in [0.29, 0.717) is 12.2 Å². The Morgan fingerprint density at radius 1 is 0.800 bits per heavy atom. The number of benzene rings is 3. The van der Waals surface area contributed by atoms with Gasteiger partial charge in [0.15, 0.2) is 3.51 Å². The zero-order valence-electron chi connectivity index (χ0n) is 16.2. The number of hydrogen-bond donors (Lipinski definition) is 0. The highest BCUT2D eigenvalue weighted by atomic mass is 127. The van der Waals surface area contributed by atoms with Crippen LogP contribution < -0.4 is 4.74 Å². The maximum atomic E-state index is 12.6. The van der Waals surface area contributed by atoms with Gasteiger partial charge in [-0.25, -0.2) is 9.59 Å². The zero-order valence-corrected chi connectivity index (χ0v) is 18.4. The SMILES string of the molecule is CC1(c2ccccc2)OC(=O)C(=Ic2ccc(OCc3ccccc3)cc2)C(=O)O1. The maximum absolute atomic E-state index is 12.6. The monoisotopic (exact) mass is 514 g/mol. The van der Waals surface area contributed by atoms with Crippen molar-refractivity contribution in [1.29, 1.82) is 0 Å². The maximum Gasteiger partial charge on any atom is 0.355 e. The Labute approximate surface area is 184 Å². The molecule has 0 unspecified atom stereocenters. The molecule has 3 aromatic rings. The lowest BCUT2D eigenvalue weighted by molar-refractivity contribution is -0.225. The van der Waals surface area contributed by atoms with Crippen LogP contribution >= 0.6 is 20.7 Å². The van der Waals surface area contributed by atoms with Gasteiger partial charge >= 0.3 is 11.9 Å². The predicted octanol–water partition coefficient (Wildman–Crippen LogP) is 4.55. The number of carbonyl (C=O) groups is 2. The Hall–Kier alpha value is -3.00. The van der Waals surface area contributed by atoms with Crippen LogP contribution in [0.3, 0.4) is 0 Å². The summed E-state index contributed by atoms with van der Waals surface area (Å²) < 4.78 is 17.8. The van der Waals surface area contributed by atoms with Gasteiger partial charge in [-0.15, -0.1) is 0 Å². The van der Waals surface area contributed by atoms with Crippen molar-refractivity contribution in [3.05, 3.63) is 99.6 Å². The van der Waals surface area contributed by atoms with E-state index in [4.69, 9.17) is 14.2 Å². The third kappa shape index (κ3) is 4.59. The molecular weight excluding hydrogens is 495 g/mol. The highest BCUT2D eigenvalue weighted by Crippen LogP contribution is 2.32. The summed E-state index contributed by atoms with van der Waals surface area (Å²) in [5, 5.41) is 0. The van der Waals surface area contributed by atoms with Crippen LogP contribution in [0.5, 0.6) is 5.75 Å². The zero-order chi connectivity index (χ0) is 21.0. The Bertz CT molecular complexity index is 1060. The number of cyclic esters (lactones) is 2. The third-order valence-corrected chi connectivity index (χ3v) is 7.26. The number of carbonyl (C=O) groups excluding carboxylic acids is 2. The minimum absolute atomic E-state index is 0.0835. The van der Waals surface area contributed by atoms with E-state index in [0.717, 1.165) is 14.9 Å². The van der Waals surface area contributed by atoms with E-state index in [-0.39, 0.29) is 3.51 Å². The van der Waals surface area contributed by atoms with E-state index in [9.17, 15) is 9.59 Å². The molecule has 1 aliphatic heterocycles. The largest absolute Gasteiger partial charge is 0.489 e. The first-order valence-corrected chi connectivity index (χ1v) is 11.5. The van der Waals surface area contributed by atoms with Gasteiger partial charge in [0.1, 0.15) is 12.4 Å². The molecule has 0 spiro atoms. The molecule has 1 aliphatic rings. The van der Waals surface area contributed by atoms with Gasteiger partial charge in [0.25, 0.3) is 5.79 Å². The van der Waals surface area contributed by atoms with Gasteiger partial charge in [0, 0.05) is 16.1 Å². The molecule has 6 heteroatoms. The fourth-order valence-electron chi connectivity index (χ4n) is 2.93. The van der Waals surface area contributed by atoms with Gasteiger partial charge in [0.05, 0.1) is 0 Å². The molecule has 152 valence electrons. The lowest BCUT2D eigenvalue weighted by Gasteiger charge is -2.33. The van der Waals surface area contributed by atoms with Crippen molar-refractivity contribution in [1.82, 2.24) is 0 Å². The van der Waals surface area contributed by atoms with Gasteiger partial charge in [0.2, 0.25) is 0 Å². The van der Waals surface area contributed by atoms with Crippen molar-refractivity contribution in [2.75, 3.05) is 0 Å². The molecule has 0 atom stereocenters. The van der Waals surface area contributed by atoms with Gasteiger partial charge in [-0.2, -0.15) is 0 Å². The number of rotatable bonds is 5. The van der Waals surface area contributed by atoms with Gasteiger partial charge in [-0.3, -0.25) is 0 Å². The molecule has 3 aromatic carbocycles. The molecular formula is C24H19IO5. The van der Waals surface area contributed by atoms with Crippen LogP contribution in [-0.2, 0) is 31.5 Å². The number of ether oxygens (including phenoxy) is 3. The minimum atomic E-state index is -1.40. The van der Waals surface area contributed by atoms with Crippen LogP contribution in [-0.4, -0.2) is 15.4 Å². The van der Waals surface area contributed by atoms with E-state index in [2.05, 4.69) is 0 Å². The van der Waals surface area contributed by atoms with Crippen LogP contribution in [0.25, 0.3) is 0 Å². The average Bonchev–Trinajstić information content (AvgIpc) is 2.77. The van der Waals surface area contributed by atoms with Crippen LogP contribution in [0.2, 0.25) is 0 Å². The second-order valence-corrected chi connectivity index (χ2v) is 9.59. The van der Waals surface area contributed by atoms with Crippen molar-refractivity contribution in [3.63, 3.8) is 0 Å². The molecule has 0 N–H and O–H groups in total. The Kier molecular flexibility index (Phi) is 5.94. The van der Waals surface area contributed by atoms with E-state index in [1.54, 1.807) is 31.2 Å². The molecule has 0 bridgehead atoms. The summed E-state index contributed by atoms with van der Waals surface area (Å²) in [6.45, 7) is 2.05. The molecule has 0 amide bonds. The van der Waals surface area contributed by atoms with Crippen LogP contribution in [0.1, 0.15) is 18.1 Å². The highest BCUT2D eigenvalue weighted by Gasteiger charge is 2.44. The number of hydrogen-bond acceptors (Lipinski definition) is 5. The van der Waals surface area contributed by atoms with Crippen LogP contribution in [0, 0.1) is 3.57 Å². The molecule has 1 heterocycles. The summed E-state index contributed by atoms with van der Waals surface area (Å²) in [6, 6.07) is 26.3. The molecule has 0 saturated carbocycles. The van der Waals surface area contributed by atoms with Crippen molar-refractivity contribution in [3.8, 4) is 5.75 Å². The molecule has 0 aliphatic carbocycles. The third-order valence-electron chi connectivity index (χ3n) is 4.50. The lowest BCUT2D eigenvalue weighted by Crippen LogP contribution is -2.46. The van der Waals surface area contributed by atoms with Crippen molar-refractivity contribution in [2.45, 2.75) is 19.3 Å². The summed E-state index contributed by atoms with van der Waals surface area (Å²) in [7, 11) is 0. The standard InChI is InChI=1S/C24H19IO5/c1-24(18-10-6-3-7-11-18)29-22(26)21(23(27)30-24)25-19-12-14-20(15-13-19)28-16-17-8-4-2-5-9-17/h2-15H,16H2,1H3. The predicted molar refractivity (Wildman–Crippen MR) is 121 cm³/mol. The van der Waals surface area contributed by atoms with Gasteiger partial charge < -0.3 is 14.2 Å². The second kappa shape index (κ2) is 8.79. The smallest absolute Gasteiger partial charge is 0.355 e. The van der Waals surface area contributed by atoms with Gasteiger partial charge in [-0.1, -0.05) is 81.4 Å². The Morgan fingerprint density at radius 2 is 1.37 bits per heavy atom. The molecule has 5 nitrogen and oxygen atoms in total. The minimum Gasteiger partial charge on any atom is -0.489 e. The first-order chi connectivity index (χ1) is 14.5. The first kappa shape index (κ1) is 20.3. The van der Waals surface area contributed by atoms with E-state index in [1.807, 2.05) is 60.7 Å². The molecule has 1 saturated heterocycles. The molecule has 30 heavy (non-hydrogen) atoms. The highest BCUT2D eigenvalue weighted by molar-refractivity contribution is 14.2. The average molecular weight is 514 g/mol. The molecule has 1 fully saturated rings. The van der Waals surface area contributed by atoms with Crippen molar-refractivity contribution < 1.29 is 23.8 Å². The van der Waals surface area contributed by atoms with Crippen molar-refractivity contribution >= 4 is 36.2 Å². The Balaban J connectivity index is 1.46. The fourth-order valence-corrected chi connectivity index (χ4v) is 4.93. The number of halogens is 1. The lowest BCUT2D eigenvalue weighted by atomic mass is 10.1. The quantitative estimate of drug-likeness (QED) is 0.370.